The highest BCUT2D eigenvalue weighted by molar-refractivity contribution is 6.36. The van der Waals surface area contributed by atoms with Gasteiger partial charge in [0.05, 0.1) is 12.5 Å². The zero-order chi connectivity index (χ0) is 10.0. The van der Waals surface area contributed by atoms with E-state index in [1.807, 2.05) is 0 Å². The van der Waals surface area contributed by atoms with E-state index in [2.05, 4.69) is 4.74 Å². The average Bonchev–Trinajstić information content (AvgIpc) is 2.42. The predicted molar refractivity (Wildman–Crippen MR) is 41.8 cm³/mol. The van der Waals surface area contributed by atoms with Crippen molar-refractivity contribution in [1.29, 1.82) is 0 Å². The third-order valence-corrected chi connectivity index (χ3v) is 2.18. The molecular weight excluding hydrogens is 176 g/mol. The molecule has 0 amide bonds. The van der Waals surface area contributed by atoms with E-state index in [0.29, 0.717) is 6.42 Å². The summed E-state index contributed by atoms with van der Waals surface area (Å²) in [6.45, 7) is 1.21. The second kappa shape index (κ2) is 3.85. The molecule has 3 atom stereocenters. The van der Waals surface area contributed by atoms with Crippen molar-refractivity contribution in [2.24, 2.45) is 5.92 Å². The molecule has 0 aromatic rings. The van der Waals surface area contributed by atoms with Gasteiger partial charge in [0.25, 0.3) is 0 Å². The molecule has 1 rings (SSSR count). The third kappa shape index (κ3) is 1.71. The normalized spacial score (nSPS) is 30.4. The molecule has 0 aliphatic carbocycles. The van der Waals surface area contributed by atoms with E-state index < -0.39 is 36.5 Å². The summed E-state index contributed by atoms with van der Waals surface area (Å²) in [6.07, 6.45) is -1.62. The van der Waals surface area contributed by atoms with Crippen molar-refractivity contribution in [1.82, 2.24) is 0 Å². The number of cyclic esters (lactones) is 1. The summed E-state index contributed by atoms with van der Waals surface area (Å²) in [4.78, 5) is 21.9. The molecule has 1 unspecified atom stereocenters. The van der Waals surface area contributed by atoms with Crippen LogP contribution >= 0.6 is 0 Å². The van der Waals surface area contributed by atoms with Gasteiger partial charge in [-0.25, -0.2) is 4.79 Å². The van der Waals surface area contributed by atoms with Crippen LogP contribution in [0.3, 0.4) is 0 Å². The maximum Gasteiger partial charge on any atom is 0.375 e. The van der Waals surface area contributed by atoms with Gasteiger partial charge in [0.1, 0.15) is 12.2 Å². The van der Waals surface area contributed by atoms with Gasteiger partial charge in [-0.1, -0.05) is 6.92 Å². The molecule has 13 heavy (non-hydrogen) atoms. The van der Waals surface area contributed by atoms with Crippen LogP contribution in [-0.4, -0.2) is 40.8 Å². The fourth-order valence-electron chi connectivity index (χ4n) is 1.43. The number of ketones is 1. The monoisotopic (exact) mass is 188 g/mol. The molecule has 5 heteroatoms. The van der Waals surface area contributed by atoms with E-state index in [-0.39, 0.29) is 0 Å². The van der Waals surface area contributed by atoms with Crippen molar-refractivity contribution < 1.29 is 24.5 Å². The van der Waals surface area contributed by atoms with Crippen molar-refractivity contribution in [3.8, 4) is 0 Å². The van der Waals surface area contributed by atoms with E-state index in [4.69, 9.17) is 5.11 Å². The lowest BCUT2D eigenvalue weighted by Gasteiger charge is -2.18. The van der Waals surface area contributed by atoms with Crippen molar-refractivity contribution >= 4 is 11.8 Å². The van der Waals surface area contributed by atoms with Crippen LogP contribution in [0.25, 0.3) is 0 Å². The van der Waals surface area contributed by atoms with Crippen molar-refractivity contribution in [2.45, 2.75) is 25.6 Å². The highest BCUT2D eigenvalue weighted by atomic mass is 16.6. The first-order valence-corrected chi connectivity index (χ1v) is 4.15. The topological polar surface area (TPSA) is 83.8 Å². The van der Waals surface area contributed by atoms with Crippen molar-refractivity contribution in [2.75, 3.05) is 6.61 Å². The molecule has 1 saturated heterocycles. The van der Waals surface area contributed by atoms with Gasteiger partial charge < -0.3 is 14.9 Å². The minimum atomic E-state index is -1.17. The molecule has 0 aromatic carbocycles. The van der Waals surface area contributed by atoms with Crippen LogP contribution in [0.5, 0.6) is 0 Å². The van der Waals surface area contributed by atoms with E-state index >= 15 is 0 Å². The van der Waals surface area contributed by atoms with Gasteiger partial charge in [-0.15, -0.1) is 0 Å². The predicted octanol–water partition coefficient (Wildman–Crippen LogP) is -1.14. The minimum Gasteiger partial charge on any atom is -0.453 e. The zero-order valence-corrected chi connectivity index (χ0v) is 7.27. The summed E-state index contributed by atoms with van der Waals surface area (Å²) in [6, 6.07) is 0. The molecule has 1 heterocycles. The summed E-state index contributed by atoms with van der Waals surface area (Å²) >= 11 is 0. The molecule has 5 nitrogen and oxygen atoms in total. The number of carbonyl (C=O) groups is 2. The number of ether oxygens (including phenoxy) is 1. The third-order valence-electron chi connectivity index (χ3n) is 2.18. The number of carbonyl (C=O) groups excluding carboxylic acids is 2. The number of aliphatic hydroxyl groups is 2. The average molecular weight is 188 g/mol. The fraction of sp³-hybridized carbons (Fsp3) is 0.750. The van der Waals surface area contributed by atoms with Crippen LogP contribution in [0.1, 0.15) is 13.3 Å². The highest BCUT2D eigenvalue weighted by Gasteiger charge is 2.45. The van der Waals surface area contributed by atoms with Crippen LogP contribution < -0.4 is 0 Å². The Morgan fingerprint density at radius 3 is 2.62 bits per heavy atom. The number of esters is 1. The molecule has 1 fully saturated rings. The number of aliphatic hydroxyl groups excluding tert-OH is 2. The lowest BCUT2D eigenvalue weighted by atomic mass is 9.94. The summed E-state index contributed by atoms with van der Waals surface area (Å²) in [5, 5.41) is 17.8. The highest BCUT2D eigenvalue weighted by Crippen LogP contribution is 2.24. The number of hydrogen-bond donors (Lipinski definition) is 2. The smallest absolute Gasteiger partial charge is 0.375 e. The number of Topliss-reactive ketones (excluding diaryl/α,β-unsaturated/α-hetero) is 1. The van der Waals surface area contributed by atoms with Crippen LogP contribution in [0, 0.1) is 5.92 Å². The molecule has 0 radical (unpaired) electrons. The van der Waals surface area contributed by atoms with Gasteiger partial charge in [0.2, 0.25) is 5.78 Å². The number of rotatable bonds is 3. The standard InChI is InChI=1S/C8H12O5/c1-2-4-6(11)8(12)13-7(4)5(10)3-9/h4-5,7,9-10H,2-3H2,1H3/t4?,5-,7+/m1/s1. The minimum absolute atomic E-state index is 0.423. The summed E-state index contributed by atoms with van der Waals surface area (Å²) < 4.78 is 4.63. The first-order valence-electron chi connectivity index (χ1n) is 4.15. The molecular formula is C8H12O5. The molecule has 74 valence electrons. The van der Waals surface area contributed by atoms with E-state index in [0.717, 1.165) is 0 Å². The maximum absolute atomic E-state index is 11.1. The summed E-state index contributed by atoms with van der Waals surface area (Å²) in [5.41, 5.74) is 0. The summed E-state index contributed by atoms with van der Waals surface area (Å²) in [5.74, 6) is -2.14. The van der Waals surface area contributed by atoms with Crippen molar-refractivity contribution in [3.05, 3.63) is 0 Å². The van der Waals surface area contributed by atoms with Crippen molar-refractivity contribution in [3.63, 3.8) is 0 Å². The molecule has 2 N–H and O–H groups in total. The van der Waals surface area contributed by atoms with Gasteiger partial charge in [0.15, 0.2) is 0 Å². The maximum atomic E-state index is 11.1. The van der Waals surface area contributed by atoms with Gasteiger partial charge in [-0.3, -0.25) is 4.79 Å². The Labute approximate surface area is 75.3 Å². The van der Waals surface area contributed by atoms with Gasteiger partial charge >= 0.3 is 5.97 Å². The first-order chi connectivity index (χ1) is 6.11. The van der Waals surface area contributed by atoms with Crippen LogP contribution in [0.4, 0.5) is 0 Å². The fourth-order valence-corrected chi connectivity index (χ4v) is 1.43. The zero-order valence-electron chi connectivity index (χ0n) is 7.27. The Kier molecular flexibility index (Phi) is 3.00. The second-order valence-corrected chi connectivity index (χ2v) is 3.00. The van der Waals surface area contributed by atoms with Gasteiger partial charge in [-0.2, -0.15) is 0 Å². The Morgan fingerprint density at radius 1 is 1.54 bits per heavy atom. The Hall–Kier alpha value is -0.940. The quantitative estimate of drug-likeness (QED) is 0.432. The van der Waals surface area contributed by atoms with Crippen LogP contribution in [0.2, 0.25) is 0 Å². The van der Waals surface area contributed by atoms with Crippen LogP contribution in [-0.2, 0) is 14.3 Å². The van der Waals surface area contributed by atoms with Gasteiger partial charge in [-0.05, 0) is 6.42 Å². The van der Waals surface area contributed by atoms with E-state index in [1.165, 1.54) is 0 Å². The largest absolute Gasteiger partial charge is 0.453 e. The Bertz CT molecular complexity index is 225. The van der Waals surface area contributed by atoms with E-state index in [1.54, 1.807) is 6.92 Å². The van der Waals surface area contributed by atoms with Crippen LogP contribution in [0.15, 0.2) is 0 Å². The molecule has 0 bridgehead atoms. The molecule has 0 spiro atoms. The summed E-state index contributed by atoms with van der Waals surface area (Å²) in [7, 11) is 0. The Morgan fingerprint density at radius 2 is 2.15 bits per heavy atom. The molecule has 1 aliphatic rings. The Balaban J connectivity index is 2.76. The van der Waals surface area contributed by atoms with Gasteiger partial charge in [0, 0.05) is 0 Å². The second-order valence-electron chi connectivity index (χ2n) is 3.00. The lowest BCUT2D eigenvalue weighted by molar-refractivity contribution is -0.151. The SMILES string of the molecule is CCC1C(=O)C(=O)O[C@@H]1[C@H](O)CO. The first kappa shape index (κ1) is 10.1. The van der Waals surface area contributed by atoms with E-state index in [9.17, 15) is 14.7 Å². The molecule has 0 saturated carbocycles. The molecule has 0 aromatic heterocycles. The number of hydrogen-bond acceptors (Lipinski definition) is 5. The lowest BCUT2D eigenvalue weighted by Crippen LogP contribution is -2.35. The molecule has 1 aliphatic heterocycles.